The van der Waals surface area contributed by atoms with Gasteiger partial charge in [0.05, 0.1) is 26.4 Å². The van der Waals surface area contributed by atoms with Crippen LogP contribution in [0.15, 0.2) is 42.5 Å². The third kappa shape index (κ3) is 6.24. The standard InChI is InChI=1S/C31H41N5O4/c1-9-40-27-16-21(4)25(17-24(27)20(2)3)32-28-18-26(29(37)39-8)33-30(34-28)35-14-15-36(31(5,6)19-35)22-10-12-23(38-7)13-11-22/h10-13,16-18,20H,9,14-15,19H2,1-8H3,(H,32,33,34). The number of anilines is 4. The molecule has 1 aliphatic heterocycles. The Kier molecular flexibility index (Phi) is 8.71. The lowest BCUT2D eigenvalue weighted by molar-refractivity contribution is 0.0594. The summed E-state index contributed by atoms with van der Waals surface area (Å²) in [5, 5.41) is 3.44. The molecule has 0 atom stereocenters. The Bertz CT molecular complexity index is 1340. The molecule has 0 bridgehead atoms. The lowest BCUT2D eigenvalue weighted by Crippen LogP contribution is -2.60. The number of nitrogens with one attached hydrogen (secondary N) is 1. The number of carbonyl (C=O) groups is 1. The Morgan fingerprint density at radius 2 is 1.80 bits per heavy atom. The topological polar surface area (TPSA) is 89.1 Å². The van der Waals surface area contributed by atoms with Crippen molar-refractivity contribution in [2.75, 3.05) is 55.6 Å². The van der Waals surface area contributed by atoms with Gasteiger partial charge in [-0.2, -0.15) is 4.98 Å². The fourth-order valence-corrected chi connectivity index (χ4v) is 5.12. The van der Waals surface area contributed by atoms with Crippen LogP contribution < -0.4 is 24.6 Å². The monoisotopic (exact) mass is 547 g/mol. The SMILES string of the molecule is CCOc1cc(C)c(Nc2cc(C(=O)OC)nc(N3CCN(c4ccc(OC)cc4)C(C)(C)C3)n2)cc1C(C)C. The van der Waals surface area contributed by atoms with Crippen LogP contribution in [0.4, 0.5) is 23.1 Å². The van der Waals surface area contributed by atoms with E-state index in [9.17, 15) is 4.79 Å². The van der Waals surface area contributed by atoms with Crippen LogP contribution in [0, 0.1) is 6.92 Å². The molecule has 214 valence electrons. The zero-order valence-corrected chi connectivity index (χ0v) is 24.9. The minimum Gasteiger partial charge on any atom is -0.497 e. The van der Waals surface area contributed by atoms with Crippen molar-refractivity contribution in [3.8, 4) is 11.5 Å². The summed E-state index contributed by atoms with van der Waals surface area (Å²) >= 11 is 0. The second kappa shape index (κ2) is 12.0. The van der Waals surface area contributed by atoms with E-state index in [1.54, 1.807) is 13.2 Å². The molecule has 1 aromatic heterocycles. The number of hydrogen-bond donors (Lipinski definition) is 1. The first-order valence-corrected chi connectivity index (χ1v) is 13.7. The Morgan fingerprint density at radius 3 is 2.40 bits per heavy atom. The first kappa shape index (κ1) is 29.0. The van der Waals surface area contributed by atoms with Gasteiger partial charge >= 0.3 is 5.97 Å². The maximum Gasteiger partial charge on any atom is 0.356 e. The van der Waals surface area contributed by atoms with Gasteiger partial charge in [-0.3, -0.25) is 0 Å². The summed E-state index contributed by atoms with van der Waals surface area (Å²) in [7, 11) is 3.03. The van der Waals surface area contributed by atoms with Crippen molar-refractivity contribution in [1.29, 1.82) is 0 Å². The largest absolute Gasteiger partial charge is 0.497 e. The molecule has 1 saturated heterocycles. The van der Waals surface area contributed by atoms with Gasteiger partial charge in [0.1, 0.15) is 17.3 Å². The third-order valence-corrected chi connectivity index (χ3v) is 7.22. The first-order chi connectivity index (χ1) is 19.1. The number of piperazine rings is 1. The molecule has 0 unspecified atom stereocenters. The number of carbonyl (C=O) groups excluding carboxylic acids is 1. The fourth-order valence-electron chi connectivity index (χ4n) is 5.12. The van der Waals surface area contributed by atoms with Crippen LogP contribution >= 0.6 is 0 Å². The number of aromatic nitrogens is 2. The van der Waals surface area contributed by atoms with Crippen molar-refractivity contribution < 1.29 is 19.0 Å². The molecule has 1 fully saturated rings. The van der Waals surface area contributed by atoms with E-state index in [1.807, 2.05) is 32.0 Å². The maximum absolute atomic E-state index is 12.6. The highest BCUT2D eigenvalue weighted by Gasteiger charge is 2.35. The average Bonchev–Trinajstić information content (AvgIpc) is 2.93. The molecule has 1 aliphatic rings. The summed E-state index contributed by atoms with van der Waals surface area (Å²) in [4.78, 5) is 26.6. The quantitative estimate of drug-likeness (QED) is 0.326. The number of benzene rings is 2. The van der Waals surface area contributed by atoms with Crippen molar-refractivity contribution in [1.82, 2.24) is 9.97 Å². The molecule has 9 heteroatoms. The summed E-state index contributed by atoms with van der Waals surface area (Å²) in [5.41, 5.74) is 4.14. The average molecular weight is 548 g/mol. The van der Waals surface area contributed by atoms with E-state index in [-0.39, 0.29) is 17.2 Å². The van der Waals surface area contributed by atoms with Gasteiger partial charge in [-0.05, 0) is 81.1 Å². The Hall–Kier alpha value is -4.01. The normalized spacial score (nSPS) is 14.7. The molecule has 3 aromatic rings. The summed E-state index contributed by atoms with van der Waals surface area (Å²) < 4.78 is 16.2. The minimum atomic E-state index is -0.505. The van der Waals surface area contributed by atoms with E-state index in [1.165, 1.54) is 7.11 Å². The second-order valence-corrected chi connectivity index (χ2v) is 10.9. The molecule has 40 heavy (non-hydrogen) atoms. The summed E-state index contributed by atoms with van der Waals surface area (Å²) in [5.74, 6) is 2.50. The van der Waals surface area contributed by atoms with Gasteiger partial charge in [0, 0.05) is 37.1 Å². The second-order valence-electron chi connectivity index (χ2n) is 10.9. The first-order valence-electron chi connectivity index (χ1n) is 13.7. The van der Waals surface area contributed by atoms with Crippen molar-refractivity contribution in [3.05, 3.63) is 59.3 Å². The lowest BCUT2D eigenvalue weighted by atomic mass is 9.98. The van der Waals surface area contributed by atoms with Crippen molar-refractivity contribution in [2.45, 2.75) is 53.0 Å². The van der Waals surface area contributed by atoms with E-state index in [4.69, 9.17) is 19.2 Å². The number of esters is 1. The molecule has 2 aromatic carbocycles. The number of aryl methyl sites for hydroxylation is 1. The van der Waals surface area contributed by atoms with Crippen LogP contribution in [0.2, 0.25) is 0 Å². The van der Waals surface area contributed by atoms with Gasteiger partial charge in [0.2, 0.25) is 5.95 Å². The molecular weight excluding hydrogens is 506 g/mol. The van der Waals surface area contributed by atoms with Crippen molar-refractivity contribution in [3.63, 3.8) is 0 Å². The molecule has 9 nitrogen and oxygen atoms in total. The number of rotatable bonds is 9. The maximum atomic E-state index is 12.6. The molecule has 1 N–H and O–H groups in total. The molecule has 0 amide bonds. The van der Waals surface area contributed by atoms with Crippen LogP contribution in [0.3, 0.4) is 0 Å². The number of hydrogen-bond acceptors (Lipinski definition) is 9. The summed E-state index contributed by atoms with van der Waals surface area (Å²) in [6.07, 6.45) is 0. The zero-order valence-electron chi connectivity index (χ0n) is 24.9. The smallest absolute Gasteiger partial charge is 0.356 e. The summed E-state index contributed by atoms with van der Waals surface area (Å²) in [6.45, 7) is 15.4. The van der Waals surface area contributed by atoms with Crippen LogP contribution in [0.1, 0.15) is 62.2 Å². The van der Waals surface area contributed by atoms with Gasteiger partial charge in [-0.15, -0.1) is 0 Å². The number of methoxy groups -OCH3 is 2. The molecule has 0 saturated carbocycles. The Morgan fingerprint density at radius 1 is 1.07 bits per heavy atom. The molecule has 4 rings (SSSR count). The van der Waals surface area contributed by atoms with Crippen LogP contribution in [0.25, 0.3) is 0 Å². The highest BCUT2D eigenvalue weighted by Crippen LogP contribution is 2.35. The van der Waals surface area contributed by atoms with Crippen LogP contribution in [-0.4, -0.2) is 61.9 Å². The highest BCUT2D eigenvalue weighted by molar-refractivity contribution is 5.88. The van der Waals surface area contributed by atoms with E-state index in [0.29, 0.717) is 31.5 Å². The molecule has 0 radical (unpaired) electrons. The van der Waals surface area contributed by atoms with E-state index in [0.717, 1.165) is 40.5 Å². The fraction of sp³-hybridized carbons (Fsp3) is 0.452. The Labute approximate surface area is 237 Å². The van der Waals surface area contributed by atoms with E-state index in [2.05, 4.69) is 66.0 Å². The van der Waals surface area contributed by atoms with Crippen molar-refractivity contribution >= 4 is 29.1 Å². The molecular formula is C31H41N5O4. The highest BCUT2D eigenvalue weighted by atomic mass is 16.5. The number of ether oxygens (including phenoxy) is 3. The van der Waals surface area contributed by atoms with E-state index >= 15 is 0 Å². The van der Waals surface area contributed by atoms with Gasteiger partial charge < -0.3 is 29.3 Å². The lowest BCUT2D eigenvalue weighted by Gasteiger charge is -2.48. The third-order valence-electron chi connectivity index (χ3n) is 7.22. The van der Waals surface area contributed by atoms with E-state index < -0.39 is 5.97 Å². The molecule has 0 spiro atoms. The summed E-state index contributed by atoms with van der Waals surface area (Å²) in [6, 6.07) is 13.9. The van der Waals surface area contributed by atoms with Crippen LogP contribution in [0.5, 0.6) is 11.5 Å². The van der Waals surface area contributed by atoms with Gasteiger partial charge in [-0.25, -0.2) is 9.78 Å². The Balaban J connectivity index is 1.65. The van der Waals surface area contributed by atoms with Gasteiger partial charge in [-0.1, -0.05) is 13.8 Å². The van der Waals surface area contributed by atoms with Gasteiger partial charge in [0.15, 0.2) is 5.69 Å². The minimum absolute atomic E-state index is 0.207. The predicted molar refractivity (Wildman–Crippen MR) is 160 cm³/mol. The van der Waals surface area contributed by atoms with Crippen molar-refractivity contribution in [2.24, 2.45) is 0 Å². The number of nitrogens with zero attached hydrogens (tertiary/aromatic N) is 4. The predicted octanol–water partition coefficient (Wildman–Crippen LogP) is 5.95. The molecule has 2 heterocycles. The van der Waals surface area contributed by atoms with Crippen LogP contribution in [-0.2, 0) is 4.74 Å². The molecule has 0 aliphatic carbocycles. The zero-order chi connectivity index (χ0) is 29.0. The van der Waals surface area contributed by atoms with Gasteiger partial charge in [0.25, 0.3) is 0 Å².